The molecule has 3 N–H and O–H groups in total. The van der Waals surface area contributed by atoms with E-state index < -0.39 is 5.97 Å². The van der Waals surface area contributed by atoms with E-state index in [1.54, 1.807) is 6.92 Å². The summed E-state index contributed by atoms with van der Waals surface area (Å²) >= 11 is 1.15. The first-order valence-electron chi connectivity index (χ1n) is 5.64. The summed E-state index contributed by atoms with van der Waals surface area (Å²) in [6.45, 7) is 2.03. The van der Waals surface area contributed by atoms with Crippen molar-refractivity contribution in [1.29, 1.82) is 0 Å². The number of hydrogen-bond acceptors (Lipinski definition) is 9. The minimum Gasteiger partial charge on any atom is -0.492 e. The molecule has 0 unspecified atom stereocenters. The fourth-order valence-corrected chi connectivity index (χ4v) is 2.57. The first-order valence-corrected chi connectivity index (χ1v) is 6.46. The third-order valence-corrected chi connectivity index (χ3v) is 3.58. The summed E-state index contributed by atoms with van der Waals surface area (Å²) in [5.74, 6) is 0.871. The molecule has 2 rings (SSSR count). The summed E-state index contributed by atoms with van der Waals surface area (Å²) in [6.07, 6.45) is 0. The Labute approximate surface area is 118 Å². The Kier molecular flexibility index (Phi) is 4.08. The van der Waals surface area contributed by atoms with Crippen molar-refractivity contribution < 1.29 is 18.8 Å². The lowest BCUT2D eigenvalue weighted by Gasteiger charge is -2.04. The molecule has 2 aromatic rings. The number of ether oxygens (including phenoxy) is 2. The molecule has 0 radical (unpaired) electrons. The van der Waals surface area contributed by atoms with Crippen LogP contribution in [0.1, 0.15) is 21.4 Å². The van der Waals surface area contributed by atoms with E-state index >= 15 is 0 Å². The second-order valence-corrected chi connectivity index (χ2v) is 4.80. The number of nitrogens with two attached hydrogens (primary N) is 1. The Morgan fingerprint density at radius 1 is 1.50 bits per heavy atom. The van der Waals surface area contributed by atoms with E-state index in [0.717, 1.165) is 11.3 Å². The lowest BCUT2D eigenvalue weighted by molar-refractivity contribution is 0.0607. The fraction of sp³-hybridized carbons (Fsp3) is 0.364. The lowest BCUT2D eigenvalue weighted by atomic mass is 10.3. The zero-order valence-corrected chi connectivity index (χ0v) is 12.0. The molecule has 0 spiro atoms. The number of nitrogens with zero attached hydrogens (tertiary/aromatic N) is 2. The van der Waals surface area contributed by atoms with Gasteiger partial charge in [0.15, 0.2) is 11.6 Å². The molecular weight excluding hydrogens is 284 g/mol. The molecule has 20 heavy (non-hydrogen) atoms. The fourth-order valence-electron chi connectivity index (χ4n) is 1.56. The van der Waals surface area contributed by atoms with Gasteiger partial charge in [-0.25, -0.2) is 4.79 Å². The maximum Gasteiger partial charge on any atom is 0.350 e. The highest BCUT2D eigenvalue weighted by atomic mass is 32.1. The van der Waals surface area contributed by atoms with Gasteiger partial charge in [0.25, 0.3) is 0 Å². The van der Waals surface area contributed by atoms with Crippen molar-refractivity contribution >= 4 is 28.0 Å². The van der Waals surface area contributed by atoms with Crippen LogP contribution in [0.4, 0.5) is 10.7 Å². The van der Waals surface area contributed by atoms with Crippen LogP contribution in [0, 0.1) is 6.92 Å². The van der Waals surface area contributed by atoms with Crippen LogP contribution in [0.3, 0.4) is 0 Å². The van der Waals surface area contributed by atoms with Crippen LogP contribution in [0.5, 0.6) is 5.75 Å². The number of carbonyl (C=O) groups is 1. The minimum absolute atomic E-state index is 0.246. The second kappa shape index (κ2) is 5.78. The highest BCUT2D eigenvalue weighted by Gasteiger charge is 2.22. The van der Waals surface area contributed by atoms with Crippen LogP contribution in [0.25, 0.3) is 0 Å². The number of aromatic nitrogens is 2. The van der Waals surface area contributed by atoms with E-state index in [4.69, 9.17) is 15.0 Å². The van der Waals surface area contributed by atoms with Gasteiger partial charge < -0.3 is 25.0 Å². The van der Waals surface area contributed by atoms with E-state index in [1.165, 1.54) is 14.2 Å². The van der Waals surface area contributed by atoms with Gasteiger partial charge in [0.2, 0.25) is 5.89 Å². The number of anilines is 2. The van der Waals surface area contributed by atoms with E-state index in [9.17, 15) is 4.79 Å². The number of thiophene rings is 1. The monoisotopic (exact) mass is 298 g/mol. The first-order chi connectivity index (χ1) is 9.56. The predicted molar refractivity (Wildman–Crippen MR) is 73.0 cm³/mol. The van der Waals surface area contributed by atoms with Crippen molar-refractivity contribution in [2.45, 2.75) is 13.5 Å². The summed E-state index contributed by atoms with van der Waals surface area (Å²) in [5.41, 5.74) is 6.11. The molecule has 0 saturated heterocycles. The maximum atomic E-state index is 11.6. The van der Waals surface area contributed by atoms with Crippen molar-refractivity contribution in [2.75, 3.05) is 25.3 Å². The van der Waals surface area contributed by atoms with Crippen LogP contribution in [-0.4, -0.2) is 30.3 Å². The Morgan fingerprint density at radius 3 is 2.80 bits per heavy atom. The Morgan fingerprint density at radius 2 is 2.25 bits per heavy atom. The molecule has 0 saturated carbocycles. The van der Waals surface area contributed by atoms with Crippen molar-refractivity contribution in [3.8, 4) is 5.75 Å². The molecule has 0 bridgehead atoms. The summed E-state index contributed by atoms with van der Waals surface area (Å²) in [7, 11) is 2.77. The van der Waals surface area contributed by atoms with Crippen molar-refractivity contribution in [2.24, 2.45) is 0 Å². The van der Waals surface area contributed by atoms with Gasteiger partial charge in [-0.3, -0.25) is 0 Å². The number of hydrogen-bond donors (Lipinski definition) is 2. The molecule has 0 fully saturated rings. The van der Waals surface area contributed by atoms with E-state index in [2.05, 4.69) is 20.2 Å². The highest BCUT2D eigenvalue weighted by molar-refractivity contribution is 7.19. The molecule has 2 heterocycles. The third kappa shape index (κ3) is 2.67. The molecule has 108 valence electrons. The van der Waals surface area contributed by atoms with Crippen molar-refractivity contribution in [3.63, 3.8) is 0 Å². The lowest BCUT2D eigenvalue weighted by Crippen LogP contribution is -2.02. The van der Waals surface area contributed by atoms with Gasteiger partial charge in [-0.1, -0.05) is 5.16 Å². The molecule has 8 nitrogen and oxygen atoms in total. The summed E-state index contributed by atoms with van der Waals surface area (Å²) in [4.78, 5) is 15.9. The summed E-state index contributed by atoms with van der Waals surface area (Å²) < 4.78 is 14.7. The van der Waals surface area contributed by atoms with Crippen LogP contribution in [0.2, 0.25) is 0 Å². The molecule has 0 aliphatic rings. The molecule has 0 aliphatic heterocycles. The van der Waals surface area contributed by atoms with Gasteiger partial charge in [0.05, 0.1) is 20.8 Å². The SMILES string of the molecule is COC(=O)c1sc(NCc2noc(C)n2)c(OC)c1N. The average Bonchev–Trinajstić information content (AvgIpc) is 2.99. The van der Waals surface area contributed by atoms with Crippen molar-refractivity contribution in [3.05, 3.63) is 16.6 Å². The van der Waals surface area contributed by atoms with Gasteiger partial charge in [0, 0.05) is 6.92 Å². The summed E-state index contributed by atoms with van der Waals surface area (Å²) in [6, 6.07) is 0. The standard InChI is InChI=1S/C11H14N4O4S/c1-5-14-6(15-19-5)4-13-10-8(17-2)7(12)9(20-10)11(16)18-3/h13H,4,12H2,1-3H3. The number of esters is 1. The second-order valence-electron chi connectivity index (χ2n) is 3.78. The van der Waals surface area contributed by atoms with Crippen LogP contribution >= 0.6 is 11.3 Å². The number of nitrogens with one attached hydrogen (secondary N) is 1. The van der Waals surface area contributed by atoms with Gasteiger partial charge in [0.1, 0.15) is 15.6 Å². The third-order valence-electron chi connectivity index (χ3n) is 2.45. The van der Waals surface area contributed by atoms with Crippen molar-refractivity contribution in [1.82, 2.24) is 10.1 Å². The molecular formula is C11H14N4O4S. The zero-order valence-electron chi connectivity index (χ0n) is 11.2. The maximum absolute atomic E-state index is 11.6. The van der Waals surface area contributed by atoms with Crippen LogP contribution < -0.4 is 15.8 Å². The average molecular weight is 298 g/mol. The Hall–Kier alpha value is -2.29. The minimum atomic E-state index is -0.505. The number of methoxy groups -OCH3 is 2. The molecule has 2 aromatic heterocycles. The number of carbonyl (C=O) groups excluding carboxylic acids is 1. The normalized spacial score (nSPS) is 10.3. The topological polar surface area (TPSA) is 112 Å². The van der Waals surface area contributed by atoms with Gasteiger partial charge in [-0.05, 0) is 0 Å². The molecule has 0 amide bonds. The van der Waals surface area contributed by atoms with E-state index in [0.29, 0.717) is 29.0 Å². The Bertz CT molecular complexity index is 622. The van der Waals surface area contributed by atoms with Gasteiger partial charge in [-0.2, -0.15) is 4.98 Å². The van der Waals surface area contributed by atoms with Gasteiger partial charge in [-0.15, -0.1) is 11.3 Å². The summed E-state index contributed by atoms with van der Waals surface area (Å²) in [5, 5.41) is 7.42. The zero-order chi connectivity index (χ0) is 14.7. The molecule has 0 atom stereocenters. The van der Waals surface area contributed by atoms with E-state index in [1.807, 2.05) is 0 Å². The Balaban J connectivity index is 2.20. The van der Waals surface area contributed by atoms with Crippen LogP contribution in [-0.2, 0) is 11.3 Å². The molecule has 0 aromatic carbocycles. The number of aryl methyl sites for hydroxylation is 1. The molecule has 0 aliphatic carbocycles. The van der Waals surface area contributed by atoms with Crippen LogP contribution in [0.15, 0.2) is 4.52 Å². The van der Waals surface area contributed by atoms with Gasteiger partial charge >= 0.3 is 5.97 Å². The smallest absolute Gasteiger partial charge is 0.350 e. The number of rotatable bonds is 5. The quantitative estimate of drug-likeness (QED) is 0.797. The van der Waals surface area contributed by atoms with E-state index in [-0.39, 0.29) is 10.6 Å². The predicted octanol–water partition coefficient (Wildman–Crippen LogP) is 1.43. The molecule has 9 heteroatoms. The number of nitrogen functional groups attached to an aromatic ring is 1. The largest absolute Gasteiger partial charge is 0.492 e. The highest BCUT2D eigenvalue weighted by Crippen LogP contribution is 2.42. The first kappa shape index (κ1) is 14.1.